The van der Waals surface area contributed by atoms with Crippen LogP contribution in [0.2, 0.25) is 5.02 Å². The molecule has 14 heavy (non-hydrogen) atoms. The van der Waals surface area contributed by atoms with Gasteiger partial charge >= 0.3 is 0 Å². The van der Waals surface area contributed by atoms with E-state index in [1.807, 2.05) is 6.92 Å². The molecule has 0 aromatic carbocycles. The number of thiophene rings is 1. The van der Waals surface area contributed by atoms with E-state index in [1.165, 1.54) is 9.58 Å². The zero-order valence-corrected chi connectivity index (χ0v) is 9.74. The van der Waals surface area contributed by atoms with E-state index in [9.17, 15) is 0 Å². The summed E-state index contributed by atoms with van der Waals surface area (Å²) >= 11 is 7.96. The lowest BCUT2D eigenvalue weighted by Crippen LogP contribution is -1.82. The Morgan fingerprint density at radius 1 is 1.50 bits per heavy atom. The Morgan fingerprint density at radius 3 is 2.93 bits per heavy atom. The maximum Gasteiger partial charge on any atom is 0.123 e. The molecule has 0 aliphatic rings. The zero-order valence-electron chi connectivity index (χ0n) is 8.17. The minimum absolute atomic E-state index is 0.794. The molecular weight excluding hydrogens is 216 g/mol. The van der Waals surface area contributed by atoms with Crippen LogP contribution in [0.5, 0.6) is 0 Å². The van der Waals surface area contributed by atoms with Crippen molar-refractivity contribution < 1.29 is 0 Å². The van der Waals surface area contributed by atoms with E-state index in [4.69, 9.17) is 11.6 Å². The minimum atomic E-state index is 0.794. The predicted octanol–water partition coefficient (Wildman–Crippen LogP) is 3.61. The Balaban J connectivity index is 2.67. The van der Waals surface area contributed by atoms with Crippen LogP contribution < -0.4 is 0 Å². The second-order valence-corrected chi connectivity index (χ2v) is 4.78. The highest BCUT2D eigenvalue weighted by Crippen LogP contribution is 2.35. The van der Waals surface area contributed by atoms with Crippen LogP contribution in [0, 0.1) is 6.92 Å². The summed E-state index contributed by atoms with van der Waals surface area (Å²) in [6.07, 6.45) is 3.92. The van der Waals surface area contributed by atoms with Crippen molar-refractivity contribution in [1.82, 2.24) is 10.2 Å². The van der Waals surface area contributed by atoms with Crippen LogP contribution >= 0.6 is 22.9 Å². The third-order valence-electron chi connectivity index (χ3n) is 2.14. The van der Waals surface area contributed by atoms with Crippen molar-refractivity contribution in [3.8, 4) is 0 Å². The first-order chi connectivity index (χ1) is 6.74. The zero-order chi connectivity index (χ0) is 10.1. The maximum atomic E-state index is 6.22. The molecule has 4 heteroatoms. The number of nitrogens with zero attached hydrogens (tertiary/aromatic N) is 2. The molecular formula is C10H11ClN2S. The first kappa shape index (κ1) is 9.87. The molecule has 0 atom stereocenters. The summed E-state index contributed by atoms with van der Waals surface area (Å²) in [5.41, 5.74) is 2.02. The van der Waals surface area contributed by atoms with Gasteiger partial charge in [-0.3, -0.25) is 0 Å². The third-order valence-corrected chi connectivity index (χ3v) is 4.03. The van der Waals surface area contributed by atoms with E-state index in [2.05, 4.69) is 17.1 Å². The lowest BCUT2D eigenvalue weighted by molar-refractivity contribution is 0.940. The topological polar surface area (TPSA) is 25.8 Å². The Kier molecular flexibility index (Phi) is 2.70. The summed E-state index contributed by atoms with van der Waals surface area (Å²) in [7, 11) is 0. The van der Waals surface area contributed by atoms with Crippen molar-refractivity contribution in [2.75, 3.05) is 0 Å². The number of hydrogen-bond acceptors (Lipinski definition) is 3. The van der Waals surface area contributed by atoms with Crippen molar-refractivity contribution in [3.05, 3.63) is 21.7 Å². The molecule has 0 amide bonds. The van der Waals surface area contributed by atoms with E-state index in [-0.39, 0.29) is 0 Å². The van der Waals surface area contributed by atoms with Gasteiger partial charge in [0.2, 0.25) is 0 Å². The quantitative estimate of drug-likeness (QED) is 0.782. The Bertz CT molecular complexity index is 464. The SMILES string of the molecule is CCCc1sc2c(C)cnnc2c1Cl. The lowest BCUT2D eigenvalue weighted by Gasteiger charge is -1.91. The first-order valence-electron chi connectivity index (χ1n) is 4.63. The molecule has 0 radical (unpaired) electrons. The Morgan fingerprint density at radius 2 is 2.29 bits per heavy atom. The summed E-state index contributed by atoms with van der Waals surface area (Å²) in [5, 5.41) is 8.79. The third kappa shape index (κ3) is 1.51. The molecule has 2 nitrogen and oxygen atoms in total. The van der Waals surface area contributed by atoms with Gasteiger partial charge in [0.1, 0.15) is 5.52 Å². The summed E-state index contributed by atoms with van der Waals surface area (Å²) in [6.45, 7) is 4.19. The standard InChI is InChI=1S/C10H11ClN2S/c1-3-4-7-8(11)9-10(14-7)6(2)5-12-13-9/h5H,3-4H2,1-2H3. The van der Waals surface area contributed by atoms with Crippen LogP contribution in [0.3, 0.4) is 0 Å². The van der Waals surface area contributed by atoms with Gasteiger partial charge in [0, 0.05) is 4.88 Å². The fourth-order valence-electron chi connectivity index (χ4n) is 1.42. The molecule has 2 heterocycles. The average molecular weight is 227 g/mol. The van der Waals surface area contributed by atoms with E-state index in [0.717, 1.165) is 28.9 Å². The summed E-state index contributed by atoms with van der Waals surface area (Å²) < 4.78 is 1.17. The van der Waals surface area contributed by atoms with Gasteiger partial charge in [0.05, 0.1) is 15.9 Å². The van der Waals surface area contributed by atoms with Crippen molar-refractivity contribution in [3.63, 3.8) is 0 Å². The monoisotopic (exact) mass is 226 g/mol. The van der Waals surface area contributed by atoms with Crippen LogP contribution in [0.15, 0.2) is 6.20 Å². The fraction of sp³-hybridized carbons (Fsp3) is 0.400. The fourth-order valence-corrected chi connectivity index (χ4v) is 3.01. The predicted molar refractivity (Wildman–Crippen MR) is 61.2 cm³/mol. The van der Waals surface area contributed by atoms with Crippen LogP contribution in [0.25, 0.3) is 10.2 Å². The Labute approximate surface area is 91.9 Å². The van der Waals surface area contributed by atoms with Gasteiger partial charge in [0.25, 0.3) is 0 Å². The summed E-state index contributed by atoms with van der Waals surface area (Å²) in [4.78, 5) is 1.23. The number of hydrogen-bond donors (Lipinski definition) is 0. The highest BCUT2D eigenvalue weighted by atomic mass is 35.5. The van der Waals surface area contributed by atoms with Gasteiger partial charge in [-0.1, -0.05) is 24.9 Å². The molecule has 0 saturated heterocycles. The first-order valence-corrected chi connectivity index (χ1v) is 5.82. The van der Waals surface area contributed by atoms with E-state index in [1.54, 1.807) is 17.5 Å². The normalized spacial score (nSPS) is 11.1. The molecule has 0 aliphatic heterocycles. The largest absolute Gasteiger partial charge is 0.158 e. The number of aryl methyl sites for hydroxylation is 2. The van der Waals surface area contributed by atoms with Gasteiger partial charge in [-0.15, -0.1) is 16.4 Å². The summed E-state index contributed by atoms with van der Waals surface area (Å²) in [5.74, 6) is 0. The second kappa shape index (κ2) is 3.83. The lowest BCUT2D eigenvalue weighted by atomic mass is 10.2. The molecule has 2 rings (SSSR count). The highest BCUT2D eigenvalue weighted by molar-refractivity contribution is 7.19. The number of aromatic nitrogens is 2. The highest BCUT2D eigenvalue weighted by Gasteiger charge is 2.12. The summed E-state index contributed by atoms with van der Waals surface area (Å²) in [6, 6.07) is 0. The van der Waals surface area contributed by atoms with Gasteiger partial charge in [-0.2, -0.15) is 5.10 Å². The van der Waals surface area contributed by atoms with Crippen LogP contribution in [-0.2, 0) is 6.42 Å². The molecule has 0 N–H and O–H groups in total. The molecule has 2 aromatic heterocycles. The van der Waals surface area contributed by atoms with E-state index < -0.39 is 0 Å². The smallest absolute Gasteiger partial charge is 0.123 e. The van der Waals surface area contributed by atoms with E-state index >= 15 is 0 Å². The van der Waals surface area contributed by atoms with Crippen LogP contribution in [0.4, 0.5) is 0 Å². The second-order valence-electron chi connectivity index (χ2n) is 3.29. The number of rotatable bonds is 2. The molecule has 74 valence electrons. The van der Waals surface area contributed by atoms with Gasteiger partial charge in [-0.05, 0) is 18.9 Å². The minimum Gasteiger partial charge on any atom is -0.158 e. The molecule has 0 fully saturated rings. The molecule has 0 saturated carbocycles. The van der Waals surface area contributed by atoms with E-state index in [0.29, 0.717) is 0 Å². The molecule has 0 bridgehead atoms. The van der Waals surface area contributed by atoms with Crippen molar-refractivity contribution in [1.29, 1.82) is 0 Å². The van der Waals surface area contributed by atoms with Crippen molar-refractivity contribution in [2.45, 2.75) is 26.7 Å². The van der Waals surface area contributed by atoms with Gasteiger partial charge < -0.3 is 0 Å². The van der Waals surface area contributed by atoms with Gasteiger partial charge in [-0.25, -0.2) is 0 Å². The molecule has 2 aromatic rings. The number of fused-ring (bicyclic) bond motifs is 1. The molecule has 0 unspecified atom stereocenters. The molecule has 0 aliphatic carbocycles. The molecule has 0 spiro atoms. The Hall–Kier alpha value is -0.670. The van der Waals surface area contributed by atoms with Crippen molar-refractivity contribution in [2.24, 2.45) is 0 Å². The average Bonchev–Trinajstić information content (AvgIpc) is 2.48. The van der Waals surface area contributed by atoms with Gasteiger partial charge in [0.15, 0.2) is 0 Å². The maximum absolute atomic E-state index is 6.22. The van der Waals surface area contributed by atoms with Crippen LogP contribution in [-0.4, -0.2) is 10.2 Å². The van der Waals surface area contributed by atoms with Crippen molar-refractivity contribution >= 4 is 33.2 Å². The number of halogens is 1. The van der Waals surface area contributed by atoms with Crippen LogP contribution in [0.1, 0.15) is 23.8 Å².